The van der Waals surface area contributed by atoms with Crippen LogP contribution < -0.4 is 0 Å². The highest BCUT2D eigenvalue weighted by Crippen LogP contribution is 2.35. The molecule has 0 spiro atoms. The normalized spacial score (nSPS) is 11.6. The Bertz CT molecular complexity index is 768. The van der Waals surface area contributed by atoms with E-state index in [9.17, 15) is 9.36 Å². The second-order valence-electron chi connectivity index (χ2n) is 5.39. The Morgan fingerprint density at radius 3 is 2.24 bits per heavy atom. The SMILES string of the molecule is CC(=O)N(C/C=C/P(=O)(O)O)OCc1ccc(-c2ccccc2)cc1. The number of hydrogen-bond acceptors (Lipinski definition) is 3. The van der Waals surface area contributed by atoms with Crippen LogP contribution in [0.1, 0.15) is 12.5 Å². The summed E-state index contributed by atoms with van der Waals surface area (Å²) in [6.45, 7) is 1.46. The first kappa shape index (κ1) is 19.1. The molecule has 0 aliphatic carbocycles. The first-order valence-corrected chi connectivity index (χ1v) is 9.31. The fraction of sp³-hybridized carbons (Fsp3) is 0.167. The Morgan fingerprint density at radius 1 is 1.08 bits per heavy atom. The van der Waals surface area contributed by atoms with E-state index in [2.05, 4.69) is 0 Å². The second-order valence-corrected chi connectivity index (χ2v) is 6.87. The zero-order chi connectivity index (χ0) is 18.3. The summed E-state index contributed by atoms with van der Waals surface area (Å²) in [5, 5.41) is 1.05. The molecule has 2 aromatic carbocycles. The van der Waals surface area contributed by atoms with E-state index in [1.807, 2.05) is 54.6 Å². The number of benzene rings is 2. The average Bonchev–Trinajstić information content (AvgIpc) is 2.58. The molecule has 1 amide bonds. The van der Waals surface area contributed by atoms with Crippen LogP contribution in [0.2, 0.25) is 0 Å². The number of amides is 1. The molecular weight excluding hydrogens is 341 g/mol. The van der Waals surface area contributed by atoms with E-state index >= 15 is 0 Å². The van der Waals surface area contributed by atoms with Gasteiger partial charge in [-0.25, -0.2) is 5.06 Å². The van der Waals surface area contributed by atoms with Gasteiger partial charge in [0.05, 0.1) is 6.54 Å². The van der Waals surface area contributed by atoms with Crippen molar-refractivity contribution in [3.8, 4) is 11.1 Å². The van der Waals surface area contributed by atoms with Gasteiger partial charge in [0.1, 0.15) is 6.61 Å². The van der Waals surface area contributed by atoms with Crippen LogP contribution in [0.3, 0.4) is 0 Å². The van der Waals surface area contributed by atoms with Gasteiger partial charge < -0.3 is 9.79 Å². The number of nitrogens with zero attached hydrogens (tertiary/aromatic N) is 1. The van der Waals surface area contributed by atoms with E-state index in [1.54, 1.807) is 0 Å². The molecule has 2 N–H and O–H groups in total. The van der Waals surface area contributed by atoms with Crippen molar-refractivity contribution in [2.24, 2.45) is 0 Å². The lowest BCUT2D eigenvalue weighted by Gasteiger charge is -2.18. The topological polar surface area (TPSA) is 87.1 Å². The van der Waals surface area contributed by atoms with E-state index in [0.717, 1.165) is 27.6 Å². The first-order valence-electron chi connectivity index (χ1n) is 7.63. The minimum atomic E-state index is -4.24. The fourth-order valence-corrected chi connectivity index (χ4v) is 2.50. The molecule has 0 aromatic heterocycles. The molecule has 0 atom stereocenters. The predicted octanol–water partition coefficient (Wildman–Crippen LogP) is 3.33. The number of hydrogen-bond donors (Lipinski definition) is 2. The molecule has 0 saturated heterocycles. The summed E-state index contributed by atoms with van der Waals surface area (Å²) in [6.07, 6.45) is 1.21. The maximum atomic E-state index is 11.5. The van der Waals surface area contributed by atoms with Gasteiger partial charge in [0.2, 0.25) is 5.91 Å². The molecule has 132 valence electrons. The number of carbonyl (C=O) groups excluding carboxylic acids is 1. The molecular formula is C18H20NO5P. The van der Waals surface area contributed by atoms with Crippen LogP contribution in [0, 0.1) is 0 Å². The van der Waals surface area contributed by atoms with Gasteiger partial charge in [0.15, 0.2) is 0 Å². The van der Waals surface area contributed by atoms with E-state index < -0.39 is 7.60 Å². The van der Waals surface area contributed by atoms with E-state index in [-0.39, 0.29) is 19.1 Å². The van der Waals surface area contributed by atoms with E-state index in [4.69, 9.17) is 14.6 Å². The standard InChI is InChI=1S/C18H20NO5P/c1-15(20)19(12-5-13-25(21,22)23)24-14-16-8-10-18(11-9-16)17-6-3-2-4-7-17/h2-11,13H,12,14H2,1H3,(H2,21,22,23)/b13-5+. The molecule has 0 unspecified atom stereocenters. The molecule has 25 heavy (non-hydrogen) atoms. The molecule has 0 aliphatic rings. The maximum absolute atomic E-state index is 11.5. The minimum absolute atomic E-state index is 0.0391. The van der Waals surface area contributed by atoms with Crippen molar-refractivity contribution >= 4 is 13.5 Å². The number of rotatable bonds is 7. The minimum Gasteiger partial charge on any atom is -0.321 e. The van der Waals surface area contributed by atoms with Crippen LogP contribution in [0.15, 0.2) is 66.5 Å². The van der Waals surface area contributed by atoms with Crippen molar-refractivity contribution in [3.63, 3.8) is 0 Å². The Kier molecular flexibility index (Phi) is 6.67. The third kappa shape index (κ3) is 6.64. The Labute approximate surface area is 146 Å². The molecule has 0 bridgehead atoms. The Morgan fingerprint density at radius 2 is 1.68 bits per heavy atom. The van der Waals surface area contributed by atoms with Crippen molar-refractivity contribution in [3.05, 3.63) is 72.1 Å². The maximum Gasteiger partial charge on any atom is 0.348 e. The van der Waals surface area contributed by atoms with Gasteiger partial charge in [-0.05, 0) is 16.7 Å². The molecule has 7 heteroatoms. The number of carbonyl (C=O) groups is 1. The van der Waals surface area contributed by atoms with Crippen LogP contribution in [0.4, 0.5) is 0 Å². The zero-order valence-electron chi connectivity index (χ0n) is 13.8. The third-order valence-electron chi connectivity index (χ3n) is 3.37. The van der Waals surface area contributed by atoms with Crippen molar-refractivity contribution in [2.45, 2.75) is 13.5 Å². The van der Waals surface area contributed by atoms with Gasteiger partial charge in [-0.2, -0.15) is 0 Å². The van der Waals surface area contributed by atoms with Gasteiger partial charge in [0.25, 0.3) is 0 Å². The molecule has 2 rings (SSSR count). The van der Waals surface area contributed by atoms with Gasteiger partial charge in [-0.3, -0.25) is 14.2 Å². The summed E-state index contributed by atoms with van der Waals surface area (Å²) in [4.78, 5) is 34.5. The molecule has 0 aliphatic heterocycles. The second kappa shape index (κ2) is 8.74. The first-order chi connectivity index (χ1) is 11.8. The summed E-state index contributed by atoms with van der Waals surface area (Å²) < 4.78 is 10.8. The smallest absolute Gasteiger partial charge is 0.321 e. The highest BCUT2D eigenvalue weighted by Gasteiger charge is 2.10. The van der Waals surface area contributed by atoms with Crippen molar-refractivity contribution in [1.29, 1.82) is 0 Å². The predicted molar refractivity (Wildman–Crippen MR) is 95.2 cm³/mol. The van der Waals surface area contributed by atoms with Crippen molar-refractivity contribution in [1.82, 2.24) is 5.06 Å². The van der Waals surface area contributed by atoms with Crippen LogP contribution in [0.25, 0.3) is 11.1 Å². The molecule has 0 radical (unpaired) electrons. The van der Waals surface area contributed by atoms with Crippen LogP contribution in [-0.4, -0.2) is 27.3 Å². The molecule has 2 aromatic rings. The average molecular weight is 361 g/mol. The van der Waals surface area contributed by atoms with Gasteiger partial charge in [-0.15, -0.1) is 0 Å². The van der Waals surface area contributed by atoms with E-state index in [1.165, 1.54) is 13.0 Å². The van der Waals surface area contributed by atoms with Crippen molar-refractivity contribution < 1.29 is 24.0 Å². The van der Waals surface area contributed by atoms with Crippen molar-refractivity contribution in [2.75, 3.05) is 6.54 Å². The highest BCUT2D eigenvalue weighted by atomic mass is 31.2. The Hall–Kier alpha value is -2.24. The van der Waals surface area contributed by atoms with Crippen LogP contribution >= 0.6 is 7.60 Å². The lowest BCUT2D eigenvalue weighted by atomic mass is 10.0. The summed E-state index contributed by atoms with van der Waals surface area (Å²) in [6, 6.07) is 17.7. The van der Waals surface area contributed by atoms with Crippen LogP contribution in [-0.2, 0) is 20.8 Å². The fourth-order valence-electron chi connectivity index (χ4n) is 2.13. The molecule has 0 fully saturated rings. The lowest BCUT2D eigenvalue weighted by Crippen LogP contribution is -2.28. The highest BCUT2D eigenvalue weighted by molar-refractivity contribution is 7.55. The quantitative estimate of drug-likeness (QED) is 0.583. The van der Waals surface area contributed by atoms with Gasteiger partial charge in [-0.1, -0.05) is 60.7 Å². The third-order valence-corrected chi connectivity index (χ3v) is 3.97. The Balaban J connectivity index is 1.95. The van der Waals surface area contributed by atoms with Gasteiger partial charge in [0, 0.05) is 12.7 Å². The summed E-state index contributed by atoms with van der Waals surface area (Å²) in [5.41, 5.74) is 3.07. The molecule has 6 nitrogen and oxygen atoms in total. The molecule has 0 heterocycles. The largest absolute Gasteiger partial charge is 0.348 e. The lowest BCUT2D eigenvalue weighted by molar-refractivity contribution is -0.185. The summed E-state index contributed by atoms with van der Waals surface area (Å²) in [7, 11) is -4.24. The van der Waals surface area contributed by atoms with Crippen LogP contribution in [0.5, 0.6) is 0 Å². The molecule has 0 saturated carbocycles. The zero-order valence-corrected chi connectivity index (χ0v) is 14.7. The monoisotopic (exact) mass is 361 g/mol. The van der Waals surface area contributed by atoms with Gasteiger partial charge >= 0.3 is 7.60 Å². The summed E-state index contributed by atoms with van der Waals surface area (Å²) in [5.74, 6) is 0.400. The van der Waals surface area contributed by atoms with E-state index in [0.29, 0.717) is 0 Å². The number of hydroxylamine groups is 2. The summed E-state index contributed by atoms with van der Waals surface area (Å²) >= 11 is 0.